The summed E-state index contributed by atoms with van der Waals surface area (Å²) in [5.74, 6) is 0.0636. The van der Waals surface area contributed by atoms with E-state index in [4.69, 9.17) is 10.8 Å². The lowest BCUT2D eigenvalue weighted by Crippen LogP contribution is -2.21. The molecule has 0 saturated carbocycles. The molecule has 2 aromatic heterocycles. The summed E-state index contributed by atoms with van der Waals surface area (Å²) >= 11 is 1.31. The molecule has 5 N–H and O–H groups in total. The molecule has 2 heterocycles. The van der Waals surface area contributed by atoms with Crippen molar-refractivity contribution in [2.45, 2.75) is 20.4 Å². The predicted molar refractivity (Wildman–Crippen MR) is 109 cm³/mol. The molecule has 3 aromatic rings. The molecule has 1 amide bonds. The third kappa shape index (κ3) is 4.24. The third-order valence-electron chi connectivity index (χ3n) is 4.15. The van der Waals surface area contributed by atoms with E-state index in [0.29, 0.717) is 29.3 Å². The van der Waals surface area contributed by atoms with Crippen LogP contribution >= 0.6 is 11.3 Å². The summed E-state index contributed by atoms with van der Waals surface area (Å²) in [7, 11) is 0. The lowest BCUT2D eigenvalue weighted by molar-refractivity contribution is 0.0960. The van der Waals surface area contributed by atoms with Crippen LogP contribution in [-0.2, 0) is 6.54 Å². The number of nitrogens with two attached hydrogens (primary N) is 1. The summed E-state index contributed by atoms with van der Waals surface area (Å²) in [5, 5.41) is 15.7. The number of anilines is 1. The molecule has 27 heavy (non-hydrogen) atoms. The molecule has 0 fully saturated rings. The third-order valence-corrected chi connectivity index (χ3v) is 5.17. The van der Waals surface area contributed by atoms with Crippen molar-refractivity contribution in [2.24, 2.45) is 0 Å². The van der Waals surface area contributed by atoms with Gasteiger partial charge in [-0.2, -0.15) is 0 Å². The van der Waals surface area contributed by atoms with E-state index < -0.39 is 0 Å². The van der Waals surface area contributed by atoms with Crippen molar-refractivity contribution in [1.82, 2.24) is 20.6 Å². The molecule has 0 unspecified atom stereocenters. The molecule has 0 atom stereocenters. The second kappa shape index (κ2) is 8.43. The fourth-order valence-electron chi connectivity index (χ4n) is 2.85. The maximum Gasteiger partial charge on any atom is 0.261 e. The van der Waals surface area contributed by atoms with E-state index in [-0.39, 0.29) is 18.5 Å². The van der Waals surface area contributed by atoms with Gasteiger partial charge >= 0.3 is 0 Å². The Kier molecular flexibility index (Phi) is 6.00. The molecule has 0 aliphatic carbocycles. The largest absolute Gasteiger partial charge is 0.395 e. The summed E-state index contributed by atoms with van der Waals surface area (Å²) in [6.45, 7) is 5.74. The average molecular weight is 385 g/mol. The summed E-state index contributed by atoms with van der Waals surface area (Å²) in [6, 6.07) is 7.96. The predicted octanol–water partition coefficient (Wildman–Crippen LogP) is 2.08. The first-order valence-corrected chi connectivity index (χ1v) is 9.61. The molecule has 0 radical (unpaired) electrons. The maximum atomic E-state index is 12.2. The Morgan fingerprint density at radius 3 is 2.85 bits per heavy atom. The van der Waals surface area contributed by atoms with Gasteiger partial charge in [-0.3, -0.25) is 4.79 Å². The first kappa shape index (κ1) is 19.2. The van der Waals surface area contributed by atoms with Gasteiger partial charge in [0.2, 0.25) is 5.95 Å². The number of carbonyl (C=O) groups excluding carboxylic acids is 1. The number of aryl methyl sites for hydroxylation is 1. The van der Waals surface area contributed by atoms with E-state index in [0.717, 1.165) is 27.8 Å². The van der Waals surface area contributed by atoms with E-state index in [1.165, 1.54) is 11.3 Å². The number of hydrogen-bond acceptors (Lipinski definition) is 7. The highest BCUT2D eigenvalue weighted by atomic mass is 32.1. The van der Waals surface area contributed by atoms with Crippen LogP contribution in [0.5, 0.6) is 0 Å². The Hall–Kier alpha value is -2.55. The lowest BCUT2D eigenvalue weighted by Gasteiger charge is -2.10. The van der Waals surface area contributed by atoms with Crippen molar-refractivity contribution in [1.29, 1.82) is 0 Å². The van der Waals surface area contributed by atoms with Crippen molar-refractivity contribution in [3.05, 3.63) is 40.3 Å². The van der Waals surface area contributed by atoms with E-state index >= 15 is 0 Å². The number of rotatable bonds is 7. The number of nitrogens with zero attached hydrogens (tertiary/aromatic N) is 2. The smallest absolute Gasteiger partial charge is 0.261 e. The molecule has 0 aliphatic heterocycles. The number of carbonyl (C=O) groups is 1. The first-order chi connectivity index (χ1) is 13.0. The fourth-order valence-corrected chi connectivity index (χ4v) is 3.80. The number of benzene rings is 1. The molecule has 142 valence electrons. The molecule has 8 heteroatoms. The number of aromatic nitrogens is 2. The number of aliphatic hydroxyl groups is 1. The Bertz CT molecular complexity index is 970. The number of nitrogen functional groups attached to an aromatic ring is 1. The van der Waals surface area contributed by atoms with Crippen LogP contribution < -0.4 is 16.4 Å². The van der Waals surface area contributed by atoms with Crippen LogP contribution in [0.4, 0.5) is 5.95 Å². The molecule has 3 rings (SSSR count). The topological polar surface area (TPSA) is 113 Å². The van der Waals surface area contributed by atoms with Gasteiger partial charge in [0.1, 0.15) is 4.83 Å². The summed E-state index contributed by atoms with van der Waals surface area (Å²) < 4.78 is 0. The Morgan fingerprint density at radius 1 is 1.30 bits per heavy atom. The Balaban J connectivity index is 2.07. The second-order valence-corrected chi connectivity index (χ2v) is 7.20. The number of hydrogen-bond donors (Lipinski definition) is 4. The van der Waals surface area contributed by atoms with Gasteiger partial charge in [-0.15, -0.1) is 11.3 Å². The van der Waals surface area contributed by atoms with Crippen LogP contribution in [0.25, 0.3) is 21.5 Å². The van der Waals surface area contributed by atoms with Crippen molar-refractivity contribution in [3.8, 4) is 11.3 Å². The highest BCUT2D eigenvalue weighted by Crippen LogP contribution is 2.34. The van der Waals surface area contributed by atoms with Crippen LogP contribution in [0.15, 0.2) is 24.3 Å². The van der Waals surface area contributed by atoms with Gasteiger partial charge in [0.25, 0.3) is 5.91 Å². The van der Waals surface area contributed by atoms with Crippen molar-refractivity contribution in [2.75, 3.05) is 25.4 Å². The van der Waals surface area contributed by atoms with E-state index in [9.17, 15) is 4.79 Å². The second-order valence-electron chi connectivity index (χ2n) is 6.17. The van der Waals surface area contributed by atoms with Crippen molar-refractivity contribution in [3.63, 3.8) is 0 Å². The molecular formula is C19H23N5O2S. The maximum absolute atomic E-state index is 12.2. The van der Waals surface area contributed by atoms with Crippen LogP contribution in [0.3, 0.4) is 0 Å². The number of aliphatic hydroxyl groups excluding tert-OH is 1. The van der Waals surface area contributed by atoms with Crippen LogP contribution in [0.2, 0.25) is 0 Å². The molecule has 0 bridgehead atoms. The van der Waals surface area contributed by atoms with Crippen LogP contribution in [-0.4, -0.2) is 40.7 Å². The molecule has 7 nitrogen and oxygen atoms in total. The molecular weight excluding hydrogens is 362 g/mol. The quantitative estimate of drug-likeness (QED) is 0.463. The SMILES string of the molecule is CCNC(=O)c1cc2c(-c3cc(CNCCO)ccc3C)nc(N)nc2s1. The minimum Gasteiger partial charge on any atom is -0.395 e. The van der Waals surface area contributed by atoms with E-state index in [1.807, 2.05) is 32.0 Å². The zero-order valence-electron chi connectivity index (χ0n) is 15.4. The van der Waals surface area contributed by atoms with Gasteiger partial charge in [-0.25, -0.2) is 9.97 Å². The zero-order chi connectivity index (χ0) is 19.4. The first-order valence-electron chi connectivity index (χ1n) is 8.80. The van der Waals surface area contributed by atoms with Crippen LogP contribution in [0.1, 0.15) is 27.7 Å². The highest BCUT2D eigenvalue weighted by molar-refractivity contribution is 7.20. The minimum absolute atomic E-state index is 0.0965. The monoisotopic (exact) mass is 385 g/mol. The van der Waals surface area contributed by atoms with Gasteiger partial charge in [0.05, 0.1) is 17.2 Å². The van der Waals surface area contributed by atoms with E-state index in [2.05, 4.69) is 26.7 Å². The number of nitrogens with one attached hydrogen (secondary N) is 2. The van der Waals surface area contributed by atoms with Crippen molar-refractivity contribution < 1.29 is 9.90 Å². The van der Waals surface area contributed by atoms with Crippen molar-refractivity contribution >= 4 is 33.4 Å². The van der Waals surface area contributed by atoms with Gasteiger partial charge < -0.3 is 21.5 Å². The average Bonchev–Trinajstić information content (AvgIpc) is 3.07. The standard InChI is InChI=1S/C19H23N5O2S/c1-3-22-17(26)15-9-14-16(23-19(20)24-18(14)27-15)13-8-12(5-4-11(13)2)10-21-6-7-25/h4-5,8-9,21,25H,3,6-7,10H2,1-2H3,(H,22,26)(H2,20,23,24). The highest BCUT2D eigenvalue weighted by Gasteiger charge is 2.17. The fraction of sp³-hybridized carbons (Fsp3) is 0.316. The van der Waals surface area contributed by atoms with E-state index in [1.54, 1.807) is 0 Å². The number of fused-ring (bicyclic) bond motifs is 1. The Morgan fingerprint density at radius 2 is 2.11 bits per heavy atom. The number of amides is 1. The lowest BCUT2D eigenvalue weighted by atomic mass is 10.00. The summed E-state index contributed by atoms with van der Waals surface area (Å²) in [6.07, 6.45) is 0. The Labute approximate surface area is 161 Å². The molecule has 0 saturated heterocycles. The minimum atomic E-state index is -0.122. The molecule has 1 aromatic carbocycles. The normalized spacial score (nSPS) is 11.1. The molecule has 0 spiro atoms. The number of thiophene rings is 1. The summed E-state index contributed by atoms with van der Waals surface area (Å²) in [5.41, 5.74) is 9.76. The van der Waals surface area contributed by atoms with Gasteiger partial charge in [0, 0.05) is 30.6 Å². The van der Waals surface area contributed by atoms with Gasteiger partial charge in [-0.1, -0.05) is 12.1 Å². The summed E-state index contributed by atoms with van der Waals surface area (Å²) in [4.78, 5) is 22.3. The van der Waals surface area contributed by atoms with Gasteiger partial charge in [-0.05, 0) is 37.1 Å². The molecule has 0 aliphatic rings. The zero-order valence-corrected chi connectivity index (χ0v) is 16.2. The van der Waals surface area contributed by atoms with Crippen LogP contribution in [0, 0.1) is 6.92 Å². The van der Waals surface area contributed by atoms with Gasteiger partial charge in [0.15, 0.2) is 0 Å².